The first-order chi connectivity index (χ1) is 9.16. The summed E-state index contributed by atoms with van der Waals surface area (Å²) in [4.78, 5) is 0.262. The molecule has 0 bridgehead atoms. The molecule has 0 aliphatic heterocycles. The summed E-state index contributed by atoms with van der Waals surface area (Å²) in [6.07, 6.45) is 0.741. The molecule has 0 spiro atoms. The molecule has 0 fully saturated rings. The number of benzene rings is 1. The van der Waals surface area contributed by atoms with E-state index in [-0.39, 0.29) is 4.90 Å². The SMILES string of the molecule is Cc1cc(C)c(S(=O)(=O)NCCCC(C)O)c(C)c1N. The Morgan fingerprint density at radius 3 is 2.45 bits per heavy atom. The minimum absolute atomic E-state index is 0.262. The van der Waals surface area contributed by atoms with Gasteiger partial charge in [0, 0.05) is 12.2 Å². The van der Waals surface area contributed by atoms with Crippen LogP contribution < -0.4 is 10.5 Å². The summed E-state index contributed by atoms with van der Waals surface area (Å²) in [7, 11) is -3.57. The maximum atomic E-state index is 12.4. The van der Waals surface area contributed by atoms with Gasteiger partial charge in [0.25, 0.3) is 0 Å². The Morgan fingerprint density at radius 2 is 1.90 bits per heavy atom. The number of nitrogen functional groups attached to an aromatic ring is 1. The zero-order chi connectivity index (χ0) is 15.5. The largest absolute Gasteiger partial charge is 0.398 e. The van der Waals surface area contributed by atoms with E-state index >= 15 is 0 Å². The Kier molecular flexibility index (Phi) is 5.56. The number of nitrogens with two attached hydrogens (primary N) is 1. The highest BCUT2D eigenvalue weighted by Gasteiger charge is 2.21. The first kappa shape index (κ1) is 16.9. The lowest BCUT2D eigenvalue weighted by Gasteiger charge is -2.15. The van der Waals surface area contributed by atoms with Crippen LogP contribution in [0.5, 0.6) is 0 Å². The highest BCUT2D eigenvalue weighted by Crippen LogP contribution is 2.27. The molecule has 5 nitrogen and oxygen atoms in total. The van der Waals surface area contributed by atoms with E-state index in [1.165, 1.54) is 0 Å². The molecule has 0 radical (unpaired) electrons. The van der Waals surface area contributed by atoms with Crippen LogP contribution in [-0.4, -0.2) is 26.2 Å². The van der Waals surface area contributed by atoms with Gasteiger partial charge in [-0.15, -0.1) is 0 Å². The Labute approximate surface area is 121 Å². The fourth-order valence-electron chi connectivity index (χ4n) is 2.27. The quantitative estimate of drug-likeness (QED) is 0.550. The van der Waals surface area contributed by atoms with Gasteiger partial charge in [-0.25, -0.2) is 13.1 Å². The minimum atomic E-state index is -3.57. The van der Waals surface area contributed by atoms with Crippen molar-refractivity contribution in [1.82, 2.24) is 4.72 Å². The average molecular weight is 300 g/mol. The van der Waals surface area contributed by atoms with E-state index < -0.39 is 16.1 Å². The molecule has 1 unspecified atom stereocenters. The van der Waals surface area contributed by atoms with Crippen molar-refractivity contribution in [2.45, 2.75) is 51.5 Å². The number of hydrogen-bond acceptors (Lipinski definition) is 4. The van der Waals surface area contributed by atoms with Crippen LogP contribution in [0.2, 0.25) is 0 Å². The van der Waals surface area contributed by atoms with Gasteiger partial charge in [0.1, 0.15) is 0 Å². The van der Waals surface area contributed by atoms with Gasteiger partial charge >= 0.3 is 0 Å². The second-order valence-corrected chi connectivity index (χ2v) is 6.97. The molecule has 20 heavy (non-hydrogen) atoms. The fraction of sp³-hybridized carbons (Fsp3) is 0.571. The van der Waals surface area contributed by atoms with Gasteiger partial charge in [0.2, 0.25) is 10.0 Å². The molecule has 0 saturated heterocycles. The maximum Gasteiger partial charge on any atom is 0.241 e. The van der Waals surface area contributed by atoms with Crippen molar-refractivity contribution >= 4 is 15.7 Å². The van der Waals surface area contributed by atoms with Gasteiger partial charge in [0.15, 0.2) is 0 Å². The van der Waals surface area contributed by atoms with Crippen LogP contribution in [-0.2, 0) is 10.0 Å². The van der Waals surface area contributed by atoms with Crippen molar-refractivity contribution in [3.05, 3.63) is 22.8 Å². The van der Waals surface area contributed by atoms with E-state index in [0.717, 1.165) is 5.56 Å². The predicted octanol–water partition coefficient (Wildman–Crippen LogP) is 1.63. The number of aliphatic hydroxyl groups is 1. The molecular formula is C14H24N2O3S. The van der Waals surface area contributed by atoms with Crippen LogP contribution >= 0.6 is 0 Å². The van der Waals surface area contributed by atoms with Crippen molar-refractivity contribution in [3.8, 4) is 0 Å². The smallest absolute Gasteiger partial charge is 0.241 e. The van der Waals surface area contributed by atoms with Crippen LogP contribution in [0, 0.1) is 20.8 Å². The molecular weight excluding hydrogens is 276 g/mol. The lowest BCUT2D eigenvalue weighted by atomic mass is 10.1. The molecule has 0 aliphatic carbocycles. The number of aryl methyl sites for hydroxylation is 2. The summed E-state index contributed by atoms with van der Waals surface area (Å²) in [5, 5.41) is 9.16. The normalized spacial score (nSPS) is 13.4. The lowest BCUT2D eigenvalue weighted by Crippen LogP contribution is -2.27. The first-order valence-corrected chi connectivity index (χ1v) is 8.19. The third-order valence-corrected chi connectivity index (χ3v) is 5.07. The molecule has 0 aliphatic rings. The monoisotopic (exact) mass is 300 g/mol. The van der Waals surface area contributed by atoms with Crippen LogP contribution in [0.1, 0.15) is 36.5 Å². The second-order valence-electron chi connectivity index (χ2n) is 5.27. The van der Waals surface area contributed by atoms with Gasteiger partial charge in [-0.2, -0.15) is 0 Å². The zero-order valence-electron chi connectivity index (χ0n) is 12.5. The Hall–Kier alpha value is -1.11. The topological polar surface area (TPSA) is 92.4 Å². The number of rotatable bonds is 6. The molecule has 0 aromatic heterocycles. The summed E-state index contributed by atoms with van der Waals surface area (Å²) in [6, 6.07) is 1.78. The maximum absolute atomic E-state index is 12.4. The van der Waals surface area contributed by atoms with E-state index in [4.69, 9.17) is 10.8 Å². The van der Waals surface area contributed by atoms with Gasteiger partial charge in [-0.1, -0.05) is 6.07 Å². The molecule has 0 heterocycles. The summed E-state index contributed by atoms with van der Waals surface area (Å²) < 4.78 is 27.3. The molecule has 0 amide bonds. The number of nitrogens with one attached hydrogen (secondary N) is 1. The molecule has 1 aromatic carbocycles. The van der Waals surface area contributed by atoms with E-state index in [2.05, 4.69) is 4.72 Å². The molecule has 6 heteroatoms. The number of sulfonamides is 1. The molecule has 1 rings (SSSR count). The zero-order valence-corrected chi connectivity index (χ0v) is 13.3. The summed E-state index contributed by atoms with van der Waals surface area (Å²) in [6.45, 7) is 7.34. The van der Waals surface area contributed by atoms with Gasteiger partial charge in [-0.3, -0.25) is 0 Å². The van der Waals surface area contributed by atoms with Crippen LogP contribution in [0.3, 0.4) is 0 Å². The Balaban J connectivity index is 2.96. The van der Waals surface area contributed by atoms with Crippen LogP contribution in [0.4, 0.5) is 5.69 Å². The number of aliphatic hydroxyl groups excluding tert-OH is 1. The van der Waals surface area contributed by atoms with Crippen LogP contribution in [0.25, 0.3) is 0 Å². The second kappa shape index (κ2) is 6.56. The molecule has 114 valence electrons. The molecule has 1 aromatic rings. The minimum Gasteiger partial charge on any atom is -0.398 e. The van der Waals surface area contributed by atoms with E-state index in [1.807, 2.05) is 6.92 Å². The highest BCUT2D eigenvalue weighted by molar-refractivity contribution is 7.89. The van der Waals surface area contributed by atoms with E-state index in [0.29, 0.717) is 36.2 Å². The van der Waals surface area contributed by atoms with Gasteiger partial charge < -0.3 is 10.8 Å². The summed E-state index contributed by atoms with van der Waals surface area (Å²) >= 11 is 0. The lowest BCUT2D eigenvalue weighted by molar-refractivity contribution is 0.182. The van der Waals surface area contributed by atoms with Crippen molar-refractivity contribution in [3.63, 3.8) is 0 Å². The van der Waals surface area contributed by atoms with Gasteiger partial charge in [0.05, 0.1) is 11.0 Å². The third-order valence-electron chi connectivity index (χ3n) is 3.32. The van der Waals surface area contributed by atoms with Crippen molar-refractivity contribution < 1.29 is 13.5 Å². The average Bonchev–Trinajstić information content (AvgIpc) is 2.31. The van der Waals surface area contributed by atoms with Crippen molar-refractivity contribution in [2.75, 3.05) is 12.3 Å². The van der Waals surface area contributed by atoms with Gasteiger partial charge in [-0.05, 0) is 57.2 Å². The standard InChI is InChI=1S/C14H24N2O3S/c1-9-8-10(2)14(12(4)13(9)15)20(18,19)16-7-5-6-11(3)17/h8,11,16-17H,5-7,15H2,1-4H3. The molecule has 4 N–H and O–H groups in total. The third kappa shape index (κ3) is 3.94. The van der Waals surface area contributed by atoms with E-state index in [1.54, 1.807) is 26.8 Å². The Bertz CT molecular complexity index is 581. The number of anilines is 1. The summed E-state index contributed by atoms with van der Waals surface area (Å²) in [5.74, 6) is 0. The predicted molar refractivity (Wildman–Crippen MR) is 81.2 cm³/mol. The first-order valence-electron chi connectivity index (χ1n) is 6.70. The summed E-state index contributed by atoms with van der Waals surface area (Å²) in [5.41, 5.74) is 8.59. The molecule has 1 atom stereocenters. The highest BCUT2D eigenvalue weighted by atomic mass is 32.2. The van der Waals surface area contributed by atoms with E-state index in [9.17, 15) is 8.42 Å². The molecule has 0 saturated carbocycles. The van der Waals surface area contributed by atoms with Crippen molar-refractivity contribution in [1.29, 1.82) is 0 Å². The van der Waals surface area contributed by atoms with Crippen LogP contribution in [0.15, 0.2) is 11.0 Å². The van der Waals surface area contributed by atoms with Crippen molar-refractivity contribution in [2.24, 2.45) is 0 Å². The number of hydrogen-bond donors (Lipinski definition) is 3. The fourth-order valence-corrected chi connectivity index (χ4v) is 3.82. The Morgan fingerprint density at radius 1 is 1.30 bits per heavy atom.